The van der Waals surface area contributed by atoms with Gasteiger partial charge in [-0.3, -0.25) is 0 Å². The van der Waals surface area contributed by atoms with Gasteiger partial charge in [0.1, 0.15) is 12.4 Å². The fraction of sp³-hybridized carbons (Fsp3) is 0.143. The van der Waals surface area contributed by atoms with Crippen LogP contribution in [0.5, 0.6) is 5.75 Å². The number of halogens is 4. The summed E-state index contributed by atoms with van der Waals surface area (Å²) in [5.74, 6) is -0.405. The second kappa shape index (κ2) is 6.35. The molecule has 0 atom stereocenters. The van der Waals surface area contributed by atoms with Gasteiger partial charge >= 0.3 is 0 Å². The maximum absolute atomic E-state index is 13.6. The third kappa shape index (κ3) is 3.67. The molecule has 0 aliphatic heterocycles. The molecule has 5 heteroatoms. The molecule has 0 bridgehead atoms. The van der Waals surface area contributed by atoms with Gasteiger partial charge in [-0.1, -0.05) is 12.1 Å². The van der Waals surface area contributed by atoms with E-state index < -0.39 is 5.82 Å². The minimum atomic E-state index is -0.459. The van der Waals surface area contributed by atoms with Gasteiger partial charge in [-0.2, -0.15) is 0 Å². The highest BCUT2D eigenvalue weighted by Crippen LogP contribution is 2.22. The lowest BCUT2D eigenvalue weighted by Gasteiger charge is -2.08. The Morgan fingerprint density at radius 3 is 2.37 bits per heavy atom. The number of hydrogen-bond donors (Lipinski definition) is 0. The van der Waals surface area contributed by atoms with Crippen LogP contribution in [0.2, 0.25) is 0 Å². The van der Waals surface area contributed by atoms with Gasteiger partial charge in [0, 0.05) is 5.88 Å². The molecule has 0 spiro atoms. The Morgan fingerprint density at radius 2 is 1.74 bits per heavy atom. The molecule has 0 aliphatic carbocycles. The zero-order chi connectivity index (χ0) is 13.8. The summed E-state index contributed by atoms with van der Waals surface area (Å²) in [6.45, 7) is 0.163. The molecule has 0 aliphatic rings. The molecule has 1 nitrogen and oxygen atoms in total. The Balaban J connectivity index is 2.07. The van der Waals surface area contributed by atoms with E-state index in [1.807, 2.05) is 0 Å². The molecule has 0 aromatic heterocycles. The molecule has 100 valence electrons. The Bertz CT molecular complexity index is 590. The Kier molecular flexibility index (Phi) is 4.77. The summed E-state index contributed by atoms with van der Waals surface area (Å²) >= 11 is 8.69. The SMILES string of the molecule is Fc1ccc(COc2ccc(CCl)cc2F)cc1Br. The zero-order valence-electron chi connectivity index (χ0n) is 9.80. The van der Waals surface area contributed by atoms with E-state index in [4.69, 9.17) is 16.3 Å². The van der Waals surface area contributed by atoms with Crippen LogP contribution in [0.3, 0.4) is 0 Å². The topological polar surface area (TPSA) is 9.23 Å². The van der Waals surface area contributed by atoms with Crippen LogP contribution in [-0.4, -0.2) is 0 Å². The Hall–Kier alpha value is -1.13. The van der Waals surface area contributed by atoms with Crippen molar-refractivity contribution in [2.75, 3.05) is 0 Å². The third-order valence-electron chi connectivity index (χ3n) is 2.53. The van der Waals surface area contributed by atoms with Gasteiger partial charge in [0.2, 0.25) is 0 Å². The summed E-state index contributed by atoms with van der Waals surface area (Å²) in [7, 11) is 0. The highest BCUT2D eigenvalue weighted by atomic mass is 79.9. The first-order valence-electron chi connectivity index (χ1n) is 5.51. The van der Waals surface area contributed by atoms with Crippen LogP contribution in [0.15, 0.2) is 40.9 Å². The van der Waals surface area contributed by atoms with Crippen molar-refractivity contribution in [1.29, 1.82) is 0 Å². The predicted molar refractivity (Wildman–Crippen MR) is 74.4 cm³/mol. The minimum absolute atomic E-state index is 0.148. The molecular formula is C14H10BrClF2O. The molecule has 0 saturated heterocycles. The first-order valence-corrected chi connectivity index (χ1v) is 6.84. The number of ether oxygens (including phenoxy) is 1. The molecule has 0 heterocycles. The molecule has 0 radical (unpaired) electrons. The van der Waals surface area contributed by atoms with Crippen molar-refractivity contribution in [2.24, 2.45) is 0 Å². The average molecular weight is 348 g/mol. The molecule has 0 fully saturated rings. The average Bonchev–Trinajstić information content (AvgIpc) is 2.41. The van der Waals surface area contributed by atoms with Crippen molar-refractivity contribution < 1.29 is 13.5 Å². The summed E-state index contributed by atoms with van der Waals surface area (Å²) in [4.78, 5) is 0. The van der Waals surface area contributed by atoms with Gasteiger partial charge in [-0.25, -0.2) is 8.78 Å². The van der Waals surface area contributed by atoms with E-state index in [0.717, 1.165) is 5.56 Å². The Labute approximate surface area is 123 Å². The van der Waals surface area contributed by atoms with Crippen molar-refractivity contribution in [3.8, 4) is 5.75 Å². The first kappa shape index (κ1) is 14.3. The highest BCUT2D eigenvalue weighted by Gasteiger charge is 2.06. The third-order valence-corrected chi connectivity index (χ3v) is 3.45. The lowest BCUT2D eigenvalue weighted by Crippen LogP contribution is -1.98. The molecule has 0 unspecified atom stereocenters. The lowest BCUT2D eigenvalue weighted by molar-refractivity contribution is 0.290. The maximum Gasteiger partial charge on any atom is 0.165 e. The fourth-order valence-corrected chi connectivity index (χ4v) is 2.13. The van der Waals surface area contributed by atoms with Crippen LogP contribution < -0.4 is 4.74 Å². The van der Waals surface area contributed by atoms with Crippen molar-refractivity contribution >= 4 is 27.5 Å². The van der Waals surface area contributed by atoms with Crippen LogP contribution in [0.25, 0.3) is 0 Å². The second-order valence-electron chi connectivity index (χ2n) is 3.94. The first-order chi connectivity index (χ1) is 9.10. The normalized spacial score (nSPS) is 10.5. The summed E-state index contributed by atoms with van der Waals surface area (Å²) in [6, 6.07) is 9.09. The number of rotatable bonds is 4. The van der Waals surface area contributed by atoms with Gasteiger partial charge in [0.05, 0.1) is 4.47 Å². The van der Waals surface area contributed by atoms with Crippen LogP contribution in [0.4, 0.5) is 8.78 Å². The monoisotopic (exact) mass is 346 g/mol. The standard InChI is InChI=1S/C14H10BrClF2O/c15-11-5-10(1-3-12(11)17)8-19-14-4-2-9(7-16)6-13(14)18/h1-6H,7-8H2. The number of alkyl halides is 1. The van der Waals surface area contributed by atoms with Crippen molar-refractivity contribution in [3.05, 3.63) is 63.6 Å². The minimum Gasteiger partial charge on any atom is -0.486 e. The maximum atomic E-state index is 13.6. The molecule has 0 amide bonds. The van der Waals surface area contributed by atoms with E-state index in [9.17, 15) is 8.78 Å². The van der Waals surface area contributed by atoms with Gasteiger partial charge < -0.3 is 4.74 Å². The van der Waals surface area contributed by atoms with Crippen molar-refractivity contribution in [2.45, 2.75) is 12.5 Å². The van der Waals surface area contributed by atoms with Gasteiger partial charge in [-0.05, 0) is 51.3 Å². The van der Waals surface area contributed by atoms with Gasteiger partial charge in [0.15, 0.2) is 11.6 Å². The van der Waals surface area contributed by atoms with E-state index in [1.54, 1.807) is 18.2 Å². The van der Waals surface area contributed by atoms with Crippen LogP contribution in [0.1, 0.15) is 11.1 Å². The summed E-state index contributed by atoms with van der Waals surface area (Å²) in [5.41, 5.74) is 1.44. The summed E-state index contributed by atoms with van der Waals surface area (Å²) in [5, 5.41) is 0. The number of hydrogen-bond acceptors (Lipinski definition) is 1. The zero-order valence-corrected chi connectivity index (χ0v) is 12.1. The fourth-order valence-electron chi connectivity index (χ4n) is 1.54. The van der Waals surface area contributed by atoms with Gasteiger partial charge in [-0.15, -0.1) is 11.6 Å². The predicted octanol–water partition coefficient (Wildman–Crippen LogP) is 5.05. The lowest BCUT2D eigenvalue weighted by atomic mass is 10.2. The molecule has 19 heavy (non-hydrogen) atoms. The quantitative estimate of drug-likeness (QED) is 0.704. The van der Waals surface area contributed by atoms with E-state index in [1.165, 1.54) is 18.2 Å². The van der Waals surface area contributed by atoms with Crippen LogP contribution in [0, 0.1) is 11.6 Å². The smallest absolute Gasteiger partial charge is 0.165 e. The Morgan fingerprint density at radius 1 is 1.00 bits per heavy atom. The molecule has 0 saturated carbocycles. The number of benzene rings is 2. The summed E-state index contributed by atoms with van der Waals surface area (Å²) in [6.07, 6.45) is 0. The molecule has 2 aromatic carbocycles. The molecule has 2 rings (SSSR count). The van der Waals surface area contributed by atoms with E-state index in [-0.39, 0.29) is 24.1 Å². The molecular weight excluding hydrogens is 338 g/mol. The molecule has 0 N–H and O–H groups in total. The summed E-state index contributed by atoms with van der Waals surface area (Å²) < 4.78 is 32.4. The van der Waals surface area contributed by atoms with E-state index in [2.05, 4.69) is 15.9 Å². The van der Waals surface area contributed by atoms with Crippen LogP contribution in [-0.2, 0) is 12.5 Å². The second-order valence-corrected chi connectivity index (χ2v) is 5.06. The van der Waals surface area contributed by atoms with Crippen LogP contribution >= 0.6 is 27.5 Å². The van der Waals surface area contributed by atoms with Gasteiger partial charge in [0.25, 0.3) is 0 Å². The largest absolute Gasteiger partial charge is 0.486 e. The van der Waals surface area contributed by atoms with Crippen molar-refractivity contribution in [3.63, 3.8) is 0 Å². The van der Waals surface area contributed by atoms with Crippen molar-refractivity contribution in [1.82, 2.24) is 0 Å². The molecule has 2 aromatic rings. The van der Waals surface area contributed by atoms with E-state index >= 15 is 0 Å². The van der Waals surface area contributed by atoms with E-state index in [0.29, 0.717) is 10.0 Å². The highest BCUT2D eigenvalue weighted by molar-refractivity contribution is 9.10.